The van der Waals surface area contributed by atoms with Gasteiger partial charge in [0.15, 0.2) is 0 Å². The summed E-state index contributed by atoms with van der Waals surface area (Å²) in [5.41, 5.74) is 8.34. The number of nitrogens with two attached hydrogens (primary N) is 2. The van der Waals surface area contributed by atoms with Crippen molar-refractivity contribution in [2.24, 2.45) is 5.84 Å². The summed E-state index contributed by atoms with van der Waals surface area (Å²) in [6, 6.07) is 7.94. The maximum atomic E-state index is 13.3. The van der Waals surface area contributed by atoms with Gasteiger partial charge in [0.1, 0.15) is 23.2 Å². The predicted molar refractivity (Wildman–Crippen MR) is 105 cm³/mol. The lowest BCUT2D eigenvalue weighted by Crippen LogP contribution is -2.36. The van der Waals surface area contributed by atoms with Crippen molar-refractivity contribution in [1.82, 2.24) is 20.4 Å². The molecule has 0 aliphatic heterocycles. The van der Waals surface area contributed by atoms with E-state index in [4.69, 9.17) is 11.6 Å². The number of hydrogen-bond acceptors (Lipinski definition) is 7. The van der Waals surface area contributed by atoms with Gasteiger partial charge in [0, 0.05) is 11.8 Å². The molecule has 0 radical (unpaired) electrons. The predicted octanol–water partition coefficient (Wildman–Crippen LogP) is 2.75. The van der Waals surface area contributed by atoms with Crippen LogP contribution in [0.5, 0.6) is 5.75 Å². The molecule has 0 fully saturated rings. The first-order valence-electron chi connectivity index (χ1n) is 8.30. The van der Waals surface area contributed by atoms with Crippen LogP contribution in [-0.4, -0.2) is 27.5 Å². The molecule has 0 bridgehead atoms. The Bertz CT molecular complexity index is 1070. The molecule has 1 amide bonds. The Kier molecular flexibility index (Phi) is 6.47. The maximum absolute atomic E-state index is 13.3. The molecule has 3 aromatic rings. The number of alkyl halides is 2. The molecule has 0 saturated heterocycles. The number of nitrogens with one attached hydrogen (secondary N) is 1. The highest BCUT2D eigenvalue weighted by atomic mass is 79.9. The summed E-state index contributed by atoms with van der Waals surface area (Å²) in [4.78, 5) is 24.8. The second kappa shape index (κ2) is 9.05. The topological polar surface area (TPSA) is 129 Å². The summed E-state index contributed by atoms with van der Waals surface area (Å²) >= 11 is 3.33. The number of halogens is 4. The van der Waals surface area contributed by atoms with Gasteiger partial charge in [-0.25, -0.2) is 20.2 Å². The Balaban J connectivity index is 2.22. The van der Waals surface area contributed by atoms with Crippen LogP contribution in [0.4, 0.5) is 19.1 Å². The summed E-state index contributed by atoms with van der Waals surface area (Å²) in [6.07, 6.45) is 1.30. The number of nitrogens with zero attached hydrogens (tertiary/aromatic N) is 3. The molecule has 2 heterocycles. The highest BCUT2D eigenvalue weighted by molar-refractivity contribution is 9.10. The third kappa shape index (κ3) is 4.49. The molecule has 1 atom stereocenters. The lowest BCUT2D eigenvalue weighted by Gasteiger charge is -2.20. The molecule has 30 heavy (non-hydrogen) atoms. The van der Waals surface area contributed by atoms with Crippen molar-refractivity contribution in [3.63, 3.8) is 0 Å². The van der Waals surface area contributed by atoms with Gasteiger partial charge >= 0.3 is 6.61 Å². The van der Waals surface area contributed by atoms with E-state index in [1.54, 1.807) is 0 Å². The van der Waals surface area contributed by atoms with Gasteiger partial charge in [-0.3, -0.25) is 15.2 Å². The molecule has 0 aliphatic carbocycles. The quantitative estimate of drug-likeness (QED) is 0.279. The molecule has 3 rings (SSSR count). The van der Waals surface area contributed by atoms with Crippen LogP contribution < -0.4 is 21.7 Å². The molecule has 8 nitrogen and oxygen atoms in total. The van der Waals surface area contributed by atoms with Crippen LogP contribution in [0.25, 0.3) is 11.3 Å². The number of carbonyl (C=O) groups excluding carboxylic acids is 1. The van der Waals surface area contributed by atoms with Crippen molar-refractivity contribution in [3.8, 4) is 17.0 Å². The molecule has 1 aromatic carbocycles. The van der Waals surface area contributed by atoms with Crippen LogP contribution in [-0.2, 0) is 4.79 Å². The molecule has 0 spiro atoms. The number of anilines is 1. The molecular weight excluding hydrogens is 469 g/mol. The van der Waals surface area contributed by atoms with Gasteiger partial charge in [0.05, 0.1) is 15.9 Å². The third-order valence-corrected chi connectivity index (χ3v) is 4.76. The van der Waals surface area contributed by atoms with Crippen molar-refractivity contribution < 1.29 is 22.7 Å². The second-order valence-corrected chi connectivity index (χ2v) is 6.64. The van der Waals surface area contributed by atoms with E-state index >= 15 is 0 Å². The number of benzene rings is 1. The SMILES string of the molecule is NNC(=O)C(c1ncccc1OC(F)F)c1nc(N)nc(-c2ccc(F)cc2)c1Br. The Morgan fingerprint density at radius 2 is 1.83 bits per heavy atom. The largest absolute Gasteiger partial charge is 0.433 e. The highest BCUT2D eigenvalue weighted by Crippen LogP contribution is 2.38. The Morgan fingerprint density at radius 3 is 2.47 bits per heavy atom. The molecule has 5 N–H and O–H groups in total. The second-order valence-electron chi connectivity index (χ2n) is 5.84. The summed E-state index contributed by atoms with van der Waals surface area (Å²) in [5.74, 6) is 2.11. The fraction of sp³-hybridized carbons (Fsp3) is 0.111. The number of hydrogen-bond donors (Lipinski definition) is 3. The van der Waals surface area contributed by atoms with E-state index in [1.165, 1.54) is 42.6 Å². The first kappa shape index (κ1) is 21.5. The number of rotatable bonds is 6. The van der Waals surface area contributed by atoms with Crippen LogP contribution in [0.2, 0.25) is 0 Å². The molecule has 0 aliphatic rings. The van der Waals surface area contributed by atoms with E-state index in [0.29, 0.717) is 5.56 Å². The van der Waals surface area contributed by atoms with E-state index in [1.807, 2.05) is 5.43 Å². The summed E-state index contributed by atoms with van der Waals surface area (Å²) in [5, 5.41) is 0. The Labute approximate surface area is 176 Å². The zero-order valence-corrected chi connectivity index (χ0v) is 16.6. The van der Waals surface area contributed by atoms with Crippen LogP contribution >= 0.6 is 15.9 Å². The minimum absolute atomic E-state index is 0.00240. The van der Waals surface area contributed by atoms with Crippen LogP contribution in [0.15, 0.2) is 47.1 Å². The average Bonchev–Trinajstić information content (AvgIpc) is 2.71. The van der Waals surface area contributed by atoms with Gasteiger partial charge in [-0.1, -0.05) is 0 Å². The Morgan fingerprint density at radius 1 is 1.13 bits per heavy atom. The molecule has 1 unspecified atom stereocenters. The molecule has 0 saturated carbocycles. The summed E-state index contributed by atoms with van der Waals surface area (Å²) < 4.78 is 43.7. The van der Waals surface area contributed by atoms with Gasteiger partial charge in [-0.15, -0.1) is 0 Å². The summed E-state index contributed by atoms with van der Waals surface area (Å²) in [7, 11) is 0. The van der Waals surface area contributed by atoms with E-state index in [0.717, 1.165) is 0 Å². The maximum Gasteiger partial charge on any atom is 0.387 e. The standard InChI is InChI=1S/C18H14BrF3N6O2/c19-12-13(8-3-5-9(20)6-4-8)26-18(23)27-15(12)11(16(29)28-24)14-10(30-17(21)22)2-1-7-25-14/h1-7,11,17H,24H2,(H,28,29)(H2,23,26,27). The van der Waals surface area contributed by atoms with Crippen molar-refractivity contribution in [2.75, 3.05) is 5.73 Å². The van der Waals surface area contributed by atoms with Gasteiger partial charge in [-0.05, 0) is 52.3 Å². The molecule has 156 valence electrons. The van der Waals surface area contributed by atoms with Gasteiger partial charge in [0.25, 0.3) is 0 Å². The first-order valence-corrected chi connectivity index (χ1v) is 9.10. The molecule has 12 heteroatoms. The molecular formula is C18H14BrF3N6O2. The van der Waals surface area contributed by atoms with E-state index in [9.17, 15) is 18.0 Å². The van der Waals surface area contributed by atoms with E-state index in [2.05, 4.69) is 35.6 Å². The van der Waals surface area contributed by atoms with Crippen LogP contribution in [0.3, 0.4) is 0 Å². The van der Waals surface area contributed by atoms with E-state index in [-0.39, 0.29) is 33.3 Å². The average molecular weight is 483 g/mol. The summed E-state index contributed by atoms with van der Waals surface area (Å²) in [6.45, 7) is -3.15. The Hall–Kier alpha value is -3.25. The fourth-order valence-electron chi connectivity index (χ4n) is 2.75. The number of hydrazine groups is 1. The minimum atomic E-state index is -3.15. The zero-order chi connectivity index (χ0) is 21.8. The smallest absolute Gasteiger partial charge is 0.387 e. The van der Waals surface area contributed by atoms with E-state index < -0.39 is 24.3 Å². The lowest BCUT2D eigenvalue weighted by molar-refractivity contribution is -0.122. The van der Waals surface area contributed by atoms with Crippen molar-refractivity contribution in [1.29, 1.82) is 0 Å². The minimum Gasteiger partial charge on any atom is -0.433 e. The number of aromatic nitrogens is 3. The highest BCUT2D eigenvalue weighted by Gasteiger charge is 2.32. The normalized spacial score (nSPS) is 11.9. The van der Waals surface area contributed by atoms with Gasteiger partial charge < -0.3 is 10.5 Å². The van der Waals surface area contributed by atoms with Gasteiger partial charge in [-0.2, -0.15) is 8.78 Å². The van der Waals surface area contributed by atoms with Crippen LogP contribution in [0, 0.1) is 5.82 Å². The first-order chi connectivity index (χ1) is 14.3. The molecule has 2 aromatic heterocycles. The number of amides is 1. The van der Waals surface area contributed by atoms with Gasteiger partial charge in [0.2, 0.25) is 11.9 Å². The zero-order valence-electron chi connectivity index (χ0n) is 15.0. The van der Waals surface area contributed by atoms with Crippen molar-refractivity contribution >= 4 is 27.8 Å². The fourth-order valence-corrected chi connectivity index (χ4v) is 3.38. The van der Waals surface area contributed by atoms with Crippen molar-refractivity contribution in [3.05, 3.63) is 64.3 Å². The van der Waals surface area contributed by atoms with Crippen molar-refractivity contribution in [2.45, 2.75) is 12.5 Å². The number of pyridine rings is 1. The number of nitrogen functional groups attached to an aromatic ring is 1. The third-order valence-electron chi connectivity index (χ3n) is 3.98. The number of carbonyl (C=O) groups is 1. The monoisotopic (exact) mass is 482 g/mol. The number of ether oxygens (including phenoxy) is 1. The van der Waals surface area contributed by atoms with Crippen LogP contribution in [0.1, 0.15) is 17.3 Å². The lowest BCUT2D eigenvalue weighted by atomic mass is 9.97.